The molecule has 0 spiro atoms. The minimum absolute atomic E-state index is 0.131. The molecule has 14 heavy (non-hydrogen) atoms. The second kappa shape index (κ2) is 4.53. The predicted octanol–water partition coefficient (Wildman–Crippen LogP) is -1.79. The molecule has 0 aliphatic carbocycles. The van der Waals surface area contributed by atoms with Gasteiger partial charge in [0.25, 0.3) is 0 Å². The van der Waals surface area contributed by atoms with Gasteiger partial charge in [0.15, 0.2) is 0 Å². The van der Waals surface area contributed by atoms with Crippen molar-refractivity contribution in [3.63, 3.8) is 0 Å². The first-order valence-electron chi connectivity index (χ1n) is 3.46. The van der Waals surface area contributed by atoms with E-state index in [1.54, 1.807) is 6.26 Å². The molecule has 0 aliphatic heterocycles. The van der Waals surface area contributed by atoms with Crippen molar-refractivity contribution in [2.75, 3.05) is 17.5 Å². The number of rotatable bonds is 3. The number of anilines is 1. The van der Waals surface area contributed by atoms with Crippen LogP contribution in [0.5, 0.6) is 0 Å². The van der Waals surface area contributed by atoms with E-state index in [-0.39, 0.29) is 5.95 Å². The van der Waals surface area contributed by atoms with Crippen LogP contribution in [0.1, 0.15) is 0 Å². The summed E-state index contributed by atoms with van der Waals surface area (Å²) in [6.07, 6.45) is 1.80. The molecule has 78 valence electrons. The summed E-state index contributed by atoms with van der Waals surface area (Å²) in [5, 5.41) is 4.37. The second-order valence-electron chi connectivity index (χ2n) is 2.08. The number of nitrogens with two attached hydrogens (primary N) is 2. The molecule has 9 nitrogen and oxygen atoms in total. The quantitative estimate of drug-likeness (QED) is 0.175. The largest absolute Gasteiger partial charge is 0.366 e. The van der Waals surface area contributed by atoms with Gasteiger partial charge in [-0.1, -0.05) is 11.8 Å². The van der Waals surface area contributed by atoms with Gasteiger partial charge in [0.2, 0.25) is 11.1 Å². The minimum atomic E-state index is -0.620. The van der Waals surface area contributed by atoms with Gasteiger partial charge in [-0.3, -0.25) is 5.43 Å². The number of urea groups is 1. The van der Waals surface area contributed by atoms with Crippen LogP contribution in [-0.2, 0) is 0 Å². The molecular weight excluding hydrogens is 208 g/mol. The van der Waals surface area contributed by atoms with E-state index < -0.39 is 6.03 Å². The molecule has 0 bridgehead atoms. The van der Waals surface area contributed by atoms with Crippen LogP contribution in [0.4, 0.5) is 10.7 Å². The molecule has 1 rings (SSSR count). The lowest BCUT2D eigenvalue weighted by molar-refractivity contribution is 0.241. The van der Waals surface area contributed by atoms with E-state index in [4.69, 9.17) is 11.6 Å². The Kier molecular flexibility index (Phi) is 3.36. The van der Waals surface area contributed by atoms with Gasteiger partial charge in [-0.15, -0.1) is 9.89 Å². The molecule has 0 atom stereocenters. The summed E-state index contributed by atoms with van der Waals surface area (Å²) in [6.45, 7) is 0. The summed E-state index contributed by atoms with van der Waals surface area (Å²) in [6, 6.07) is -0.620. The number of amides is 2. The highest BCUT2D eigenvalue weighted by molar-refractivity contribution is 7.98. The van der Waals surface area contributed by atoms with Crippen molar-refractivity contribution < 1.29 is 4.79 Å². The summed E-state index contributed by atoms with van der Waals surface area (Å²) in [5.74, 6) is 4.95. The fraction of sp³-hybridized carbons (Fsp3) is 0.250. The number of hydrogen-bond donors (Lipinski definition) is 5. The van der Waals surface area contributed by atoms with Crippen LogP contribution in [0.25, 0.3) is 0 Å². The Morgan fingerprint density at radius 2 is 2.36 bits per heavy atom. The highest BCUT2D eigenvalue weighted by atomic mass is 32.2. The Hall–Kier alpha value is -1.68. The number of thioether (sulfide) groups is 1. The fourth-order valence-corrected chi connectivity index (χ4v) is 0.961. The minimum Gasteiger partial charge on any atom is -0.366 e. The third-order valence-electron chi connectivity index (χ3n) is 1.20. The van der Waals surface area contributed by atoms with Crippen LogP contribution in [0.3, 0.4) is 0 Å². The first kappa shape index (κ1) is 10.4. The smallest absolute Gasteiger partial charge is 0.348 e. The zero-order valence-electron chi connectivity index (χ0n) is 7.31. The number of nitrogens with one attached hydrogen (secondary N) is 3. The number of hydrogen-bond acceptors (Lipinski definition) is 7. The number of carbonyl (C=O) groups is 1. The zero-order valence-corrected chi connectivity index (χ0v) is 8.13. The maximum atomic E-state index is 10.7. The van der Waals surface area contributed by atoms with Crippen molar-refractivity contribution in [3.05, 3.63) is 0 Å². The average molecular weight is 218 g/mol. The highest BCUT2D eigenvalue weighted by Gasteiger charge is 2.05. The van der Waals surface area contributed by atoms with Gasteiger partial charge in [-0.25, -0.2) is 21.6 Å². The average Bonchev–Trinajstić information content (AvgIpc) is 2.55. The monoisotopic (exact) mass is 218 g/mol. The molecule has 2 amide bonds. The molecule has 1 heterocycles. The number of carbonyl (C=O) groups excluding carboxylic acids is 1. The van der Waals surface area contributed by atoms with E-state index in [9.17, 15) is 4.79 Å². The van der Waals surface area contributed by atoms with Gasteiger partial charge in [-0.05, 0) is 6.26 Å². The van der Waals surface area contributed by atoms with Crippen molar-refractivity contribution >= 4 is 23.7 Å². The van der Waals surface area contributed by atoms with Gasteiger partial charge in [0, 0.05) is 0 Å². The second-order valence-corrected chi connectivity index (χ2v) is 2.85. The predicted molar refractivity (Wildman–Crippen MR) is 51.4 cm³/mol. The van der Waals surface area contributed by atoms with Gasteiger partial charge in [0.1, 0.15) is 0 Å². The number of hydrazine groups is 2. The Morgan fingerprint density at radius 1 is 1.64 bits per heavy atom. The lowest BCUT2D eigenvalue weighted by Gasteiger charge is -2.06. The summed E-state index contributed by atoms with van der Waals surface area (Å²) < 4.78 is 0. The summed E-state index contributed by atoms with van der Waals surface area (Å²) in [4.78, 5) is 15.6. The summed E-state index contributed by atoms with van der Waals surface area (Å²) in [7, 11) is 0. The van der Waals surface area contributed by atoms with Crippen molar-refractivity contribution in [1.82, 2.24) is 25.7 Å². The van der Waals surface area contributed by atoms with Gasteiger partial charge in [0.05, 0.1) is 0 Å². The van der Waals surface area contributed by atoms with Crippen LogP contribution >= 0.6 is 11.8 Å². The maximum Gasteiger partial charge on any atom is 0.348 e. The highest BCUT2D eigenvalue weighted by Crippen LogP contribution is 2.08. The van der Waals surface area contributed by atoms with Crippen molar-refractivity contribution in [3.8, 4) is 0 Å². The first-order chi connectivity index (χ1) is 6.67. The molecule has 0 aliphatic rings. The molecule has 0 saturated carbocycles. The fourth-order valence-electron chi connectivity index (χ4n) is 0.613. The van der Waals surface area contributed by atoms with Crippen LogP contribution in [0, 0.1) is 0 Å². The lowest BCUT2D eigenvalue weighted by Crippen LogP contribution is -2.46. The van der Waals surface area contributed by atoms with Crippen molar-refractivity contribution in [2.45, 2.75) is 5.16 Å². The first-order valence-corrected chi connectivity index (χ1v) is 4.69. The Balaban J connectivity index is 2.58. The van der Waals surface area contributed by atoms with Gasteiger partial charge in [-0.2, -0.15) is 4.98 Å². The lowest BCUT2D eigenvalue weighted by atomic mass is 11.1. The summed E-state index contributed by atoms with van der Waals surface area (Å²) in [5.41, 5.74) is 11.9. The molecule has 1 aromatic rings. The van der Waals surface area contributed by atoms with E-state index in [0.717, 1.165) is 4.79 Å². The maximum absolute atomic E-state index is 10.7. The van der Waals surface area contributed by atoms with E-state index >= 15 is 0 Å². The number of nitrogen functional groups attached to an aromatic ring is 1. The van der Waals surface area contributed by atoms with Crippen molar-refractivity contribution in [2.24, 2.45) is 5.84 Å². The van der Waals surface area contributed by atoms with Crippen LogP contribution in [0.2, 0.25) is 0 Å². The third-order valence-corrected chi connectivity index (χ3v) is 1.74. The van der Waals surface area contributed by atoms with Gasteiger partial charge >= 0.3 is 6.03 Å². The topological polar surface area (TPSA) is 136 Å². The summed E-state index contributed by atoms with van der Waals surface area (Å²) >= 11 is 1.33. The number of aromatic nitrogens is 3. The molecule has 0 saturated heterocycles. The van der Waals surface area contributed by atoms with E-state index in [0.29, 0.717) is 5.16 Å². The molecule has 0 unspecified atom stereocenters. The normalized spacial score (nSPS) is 9.57. The molecule has 10 heteroatoms. The number of nitrogens with zero attached hydrogens (tertiary/aromatic N) is 3. The Labute approximate surface area is 83.5 Å². The molecule has 1 aromatic heterocycles. The van der Waals surface area contributed by atoms with Crippen LogP contribution in [0.15, 0.2) is 5.16 Å². The molecule has 0 radical (unpaired) electrons. The van der Waals surface area contributed by atoms with Gasteiger partial charge < -0.3 is 5.73 Å². The standard InChI is InChI=1S/C4H10N8OS/c1-14-4-7-2(5)12(10-4)11-9-3(13)8-6/h11H,6H2,1H3,(H2,5,7,10)(H2,8,9,13). The zero-order chi connectivity index (χ0) is 10.6. The molecule has 0 aromatic carbocycles. The Bertz CT molecular complexity index is 323. The SMILES string of the molecule is CSc1nc(N)n(NNC(=O)NN)n1. The van der Waals surface area contributed by atoms with Crippen molar-refractivity contribution in [1.29, 1.82) is 0 Å². The van der Waals surface area contributed by atoms with E-state index in [1.807, 2.05) is 5.43 Å². The molecule has 7 N–H and O–H groups in total. The van der Waals surface area contributed by atoms with Crippen LogP contribution in [-0.4, -0.2) is 27.2 Å². The van der Waals surface area contributed by atoms with E-state index in [2.05, 4.69) is 21.0 Å². The Morgan fingerprint density at radius 3 is 2.86 bits per heavy atom. The van der Waals surface area contributed by atoms with Crippen LogP contribution < -0.4 is 28.0 Å². The molecule has 0 fully saturated rings. The van der Waals surface area contributed by atoms with E-state index in [1.165, 1.54) is 11.8 Å². The third kappa shape index (κ3) is 2.40. The molecular formula is C4H10N8OS.